The molecular formula is C16H25N3. The largest absolute Gasteiger partial charge is 0.313 e. The smallest absolute Gasteiger partial charge is 0.0656 e. The van der Waals surface area contributed by atoms with Crippen molar-refractivity contribution in [3.05, 3.63) is 53.9 Å². The quantitative estimate of drug-likeness (QED) is 0.899. The number of aromatic nitrogens is 2. The molecule has 19 heavy (non-hydrogen) atoms. The summed E-state index contributed by atoms with van der Waals surface area (Å²) in [6.45, 7) is 7.02. The number of hydrogen-bond acceptors (Lipinski definition) is 2. The fraction of sp³-hybridized carbons (Fsp3) is 0.438. The Balaban J connectivity index is 0.000000861. The van der Waals surface area contributed by atoms with Gasteiger partial charge >= 0.3 is 0 Å². The Morgan fingerprint density at radius 1 is 1.32 bits per heavy atom. The van der Waals surface area contributed by atoms with Crippen LogP contribution in [0.5, 0.6) is 0 Å². The molecule has 104 valence electrons. The van der Waals surface area contributed by atoms with Gasteiger partial charge in [0.1, 0.15) is 0 Å². The average Bonchev–Trinajstić information content (AvgIpc) is 2.85. The Morgan fingerprint density at radius 3 is 2.74 bits per heavy atom. The third kappa shape index (κ3) is 4.87. The van der Waals surface area contributed by atoms with E-state index < -0.39 is 0 Å². The predicted octanol–water partition coefficient (Wildman–Crippen LogP) is 3.33. The van der Waals surface area contributed by atoms with Crippen molar-refractivity contribution >= 4 is 0 Å². The highest BCUT2D eigenvalue weighted by atomic mass is 15.3. The van der Waals surface area contributed by atoms with E-state index in [4.69, 9.17) is 0 Å². The van der Waals surface area contributed by atoms with Gasteiger partial charge in [0.15, 0.2) is 0 Å². The van der Waals surface area contributed by atoms with Crippen LogP contribution in [0.4, 0.5) is 0 Å². The zero-order valence-electron chi connectivity index (χ0n) is 12.4. The first-order valence-corrected chi connectivity index (χ1v) is 7.01. The van der Waals surface area contributed by atoms with E-state index in [2.05, 4.69) is 41.6 Å². The normalized spacial score (nSPS) is 15.8. The van der Waals surface area contributed by atoms with Crippen LogP contribution in [0.25, 0.3) is 0 Å². The first-order valence-electron chi connectivity index (χ1n) is 7.01. The number of likely N-dealkylation sites (N-methyl/N-ethyl adjacent to an activating group) is 1. The van der Waals surface area contributed by atoms with Crippen molar-refractivity contribution < 1.29 is 0 Å². The maximum absolute atomic E-state index is 4.22. The Kier molecular flexibility index (Phi) is 6.90. The molecule has 2 rings (SSSR count). The predicted molar refractivity (Wildman–Crippen MR) is 82.0 cm³/mol. The van der Waals surface area contributed by atoms with E-state index in [1.54, 1.807) is 0 Å². The van der Waals surface area contributed by atoms with E-state index in [1.165, 1.54) is 11.1 Å². The minimum Gasteiger partial charge on any atom is -0.313 e. The molecule has 1 atom stereocenters. The lowest BCUT2D eigenvalue weighted by Crippen LogP contribution is -2.22. The molecule has 0 aliphatic heterocycles. The van der Waals surface area contributed by atoms with Gasteiger partial charge in [-0.2, -0.15) is 5.10 Å². The molecule has 0 fully saturated rings. The zero-order chi connectivity index (χ0) is 14.1. The fourth-order valence-electron chi connectivity index (χ4n) is 1.87. The lowest BCUT2D eigenvalue weighted by molar-refractivity contribution is 0.684. The van der Waals surface area contributed by atoms with Crippen LogP contribution >= 0.6 is 0 Å². The van der Waals surface area contributed by atoms with Crippen molar-refractivity contribution in [2.24, 2.45) is 0 Å². The molecule has 0 saturated heterocycles. The second kappa shape index (κ2) is 8.48. The fourth-order valence-corrected chi connectivity index (χ4v) is 1.87. The molecule has 1 unspecified atom stereocenters. The van der Waals surface area contributed by atoms with Crippen molar-refractivity contribution in [2.75, 3.05) is 7.05 Å². The van der Waals surface area contributed by atoms with Crippen LogP contribution < -0.4 is 5.32 Å². The van der Waals surface area contributed by atoms with Crippen molar-refractivity contribution in [3.63, 3.8) is 0 Å². The second-order valence-electron chi connectivity index (χ2n) is 4.27. The lowest BCUT2D eigenvalue weighted by Gasteiger charge is -2.10. The monoisotopic (exact) mass is 259 g/mol. The lowest BCUT2D eigenvalue weighted by atomic mass is 10.1. The maximum atomic E-state index is 4.22. The number of rotatable bonds is 4. The Bertz CT molecular complexity index is 439. The number of nitrogens with zero attached hydrogens (tertiary/aromatic N) is 2. The standard InChI is InChI=1S/C14H19N3.C2H6/c1-12(15-2)14-6-3-5-13(7-8-14)11-17-10-4-9-16-17;1-2/h4-10,12,15H,3,11H2,1-2H3;1-2H3. The maximum Gasteiger partial charge on any atom is 0.0656 e. The van der Waals surface area contributed by atoms with Gasteiger partial charge in [-0.15, -0.1) is 0 Å². The molecule has 1 aliphatic carbocycles. The van der Waals surface area contributed by atoms with Gasteiger partial charge in [-0.3, -0.25) is 4.68 Å². The second-order valence-corrected chi connectivity index (χ2v) is 4.27. The van der Waals surface area contributed by atoms with Crippen LogP contribution in [0, 0.1) is 0 Å². The minimum atomic E-state index is 0.406. The molecule has 1 heterocycles. The molecule has 0 radical (unpaired) electrons. The van der Waals surface area contributed by atoms with Crippen LogP contribution in [0.15, 0.2) is 53.9 Å². The highest BCUT2D eigenvalue weighted by molar-refractivity contribution is 5.34. The van der Waals surface area contributed by atoms with Gasteiger partial charge in [-0.05, 0) is 37.6 Å². The van der Waals surface area contributed by atoms with Gasteiger partial charge in [0, 0.05) is 18.4 Å². The molecule has 0 amide bonds. The Morgan fingerprint density at radius 2 is 2.11 bits per heavy atom. The number of hydrogen-bond donors (Lipinski definition) is 1. The van der Waals surface area contributed by atoms with E-state index in [-0.39, 0.29) is 0 Å². The third-order valence-electron chi connectivity index (χ3n) is 3.06. The number of allylic oxidation sites excluding steroid dienone is 4. The molecule has 0 aromatic carbocycles. The Labute approximate surface area is 116 Å². The van der Waals surface area contributed by atoms with Crippen LogP contribution in [0.2, 0.25) is 0 Å². The average molecular weight is 259 g/mol. The summed E-state index contributed by atoms with van der Waals surface area (Å²) in [6, 6.07) is 2.36. The van der Waals surface area contributed by atoms with Crippen molar-refractivity contribution in [1.82, 2.24) is 15.1 Å². The molecule has 1 aromatic heterocycles. The van der Waals surface area contributed by atoms with Gasteiger partial charge < -0.3 is 5.32 Å². The number of nitrogens with one attached hydrogen (secondary N) is 1. The van der Waals surface area contributed by atoms with E-state index >= 15 is 0 Å². The summed E-state index contributed by atoms with van der Waals surface area (Å²) in [5.74, 6) is 0. The van der Waals surface area contributed by atoms with Crippen molar-refractivity contribution in [3.8, 4) is 0 Å². The topological polar surface area (TPSA) is 29.9 Å². The highest BCUT2D eigenvalue weighted by Gasteiger charge is 2.05. The van der Waals surface area contributed by atoms with Crippen molar-refractivity contribution in [2.45, 2.75) is 39.8 Å². The van der Waals surface area contributed by atoms with E-state index in [1.807, 2.05) is 44.0 Å². The summed E-state index contributed by atoms with van der Waals surface area (Å²) < 4.78 is 1.95. The van der Waals surface area contributed by atoms with Gasteiger partial charge in [-0.25, -0.2) is 0 Å². The molecule has 0 bridgehead atoms. The van der Waals surface area contributed by atoms with Crippen LogP contribution in [-0.4, -0.2) is 22.9 Å². The Hall–Kier alpha value is -1.61. The van der Waals surface area contributed by atoms with E-state index in [0.717, 1.165) is 13.0 Å². The first kappa shape index (κ1) is 15.4. The molecule has 3 heteroatoms. The summed E-state index contributed by atoms with van der Waals surface area (Å²) >= 11 is 0. The SMILES string of the molecule is CC.CNC(C)C1=CCC=C(Cn2cccn2)C=C1. The molecule has 1 aliphatic rings. The summed E-state index contributed by atoms with van der Waals surface area (Å²) in [5, 5.41) is 7.49. The summed E-state index contributed by atoms with van der Waals surface area (Å²) in [4.78, 5) is 0. The van der Waals surface area contributed by atoms with Gasteiger partial charge in [0.05, 0.1) is 6.54 Å². The van der Waals surface area contributed by atoms with Crippen LogP contribution in [-0.2, 0) is 6.54 Å². The molecule has 1 aromatic rings. The molecule has 3 nitrogen and oxygen atoms in total. The van der Waals surface area contributed by atoms with E-state index in [0.29, 0.717) is 6.04 Å². The molecule has 1 N–H and O–H groups in total. The molecule has 0 spiro atoms. The summed E-state index contributed by atoms with van der Waals surface area (Å²) in [6.07, 6.45) is 13.7. The summed E-state index contributed by atoms with van der Waals surface area (Å²) in [5.41, 5.74) is 2.66. The van der Waals surface area contributed by atoms with Crippen molar-refractivity contribution in [1.29, 1.82) is 0 Å². The van der Waals surface area contributed by atoms with Gasteiger partial charge in [0.2, 0.25) is 0 Å². The van der Waals surface area contributed by atoms with E-state index in [9.17, 15) is 0 Å². The minimum absolute atomic E-state index is 0.406. The van der Waals surface area contributed by atoms with Gasteiger partial charge in [-0.1, -0.05) is 38.2 Å². The van der Waals surface area contributed by atoms with Gasteiger partial charge in [0.25, 0.3) is 0 Å². The summed E-state index contributed by atoms with van der Waals surface area (Å²) in [7, 11) is 1.99. The first-order chi connectivity index (χ1) is 9.29. The zero-order valence-corrected chi connectivity index (χ0v) is 12.4. The van der Waals surface area contributed by atoms with Crippen LogP contribution in [0.3, 0.4) is 0 Å². The molecular weight excluding hydrogens is 234 g/mol. The van der Waals surface area contributed by atoms with Crippen LogP contribution in [0.1, 0.15) is 27.2 Å². The third-order valence-corrected chi connectivity index (χ3v) is 3.06. The highest BCUT2D eigenvalue weighted by Crippen LogP contribution is 2.14. The molecule has 0 saturated carbocycles.